The van der Waals surface area contributed by atoms with Crippen LogP contribution in [0, 0.1) is 0 Å². The van der Waals surface area contributed by atoms with Crippen molar-refractivity contribution in [3.8, 4) is 11.5 Å². The summed E-state index contributed by atoms with van der Waals surface area (Å²) in [6, 6.07) is 6.04. The van der Waals surface area contributed by atoms with Gasteiger partial charge in [0.15, 0.2) is 11.5 Å². The number of hydrogen-bond donors (Lipinski definition) is 1. The average molecular weight is 283 g/mol. The zero-order valence-corrected chi connectivity index (χ0v) is 13.0. The molecular weight excluding hydrogens is 258 g/mol. The molecule has 0 heterocycles. The molecule has 0 aliphatic carbocycles. The lowest BCUT2D eigenvalue weighted by atomic mass is 10.2. The number of benzene rings is 1. The highest BCUT2D eigenvalue weighted by molar-refractivity contribution is 7.98. The van der Waals surface area contributed by atoms with Gasteiger partial charge in [-0.25, -0.2) is 0 Å². The molecule has 1 aromatic rings. The molecule has 3 nitrogen and oxygen atoms in total. The van der Waals surface area contributed by atoms with Gasteiger partial charge in [0.25, 0.3) is 0 Å². The molecule has 0 aliphatic rings. The normalized spacial score (nSPS) is 10.5. The van der Waals surface area contributed by atoms with Crippen molar-refractivity contribution in [3.05, 3.63) is 23.8 Å². The molecule has 0 spiro atoms. The maximum atomic E-state index is 5.57. The van der Waals surface area contributed by atoms with E-state index in [1.54, 1.807) is 7.11 Å². The van der Waals surface area contributed by atoms with Crippen LogP contribution in [0.5, 0.6) is 11.5 Å². The number of hydrogen-bond acceptors (Lipinski definition) is 4. The van der Waals surface area contributed by atoms with Gasteiger partial charge in [-0.1, -0.05) is 12.1 Å². The molecule has 0 saturated carbocycles. The van der Waals surface area contributed by atoms with Gasteiger partial charge in [0, 0.05) is 12.1 Å². The zero-order valence-electron chi connectivity index (χ0n) is 12.2. The first-order valence-corrected chi connectivity index (χ1v) is 8.21. The minimum Gasteiger partial charge on any atom is -0.493 e. The first kappa shape index (κ1) is 16.2. The highest BCUT2D eigenvalue weighted by Crippen LogP contribution is 2.30. The number of unbranched alkanes of at least 4 members (excludes halogenated alkanes) is 1. The monoisotopic (exact) mass is 283 g/mol. The SMILES string of the molecule is CCOc1cccc(CNCCCCSC)c1OC. The zero-order chi connectivity index (χ0) is 13.9. The van der Waals surface area contributed by atoms with E-state index in [-0.39, 0.29) is 0 Å². The lowest BCUT2D eigenvalue weighted by Gasteiger charge is -2.14. The number of methoxy groups -OCH3 is 1. The van der Waals surface area contributed by atoms with Gasteiger partial charge >= 0.3 is 0 Å². The van der Waals surface area contributed by atoms with Gasteiger partial charge in [-0.05, 0) is 44.4 Å². The predicted octanol–water partition coefficient (Wildman–Crippen LogP) is 3.33. The summed E-state index contributed by atoms with van der Waals surface area (Å²) in [4.78, 5) is 0. The van der Waals surface area contributed by atoms with E-state index in [0.717, 1.165) is 30.2 Å². The van der Waals surface area contributed by atoms with Crippen LogP contribution in [0.4, 0.5) is 0 Å². The molecule has 4 heteroatoms. The molecule has 0 bridgehead atoms. The second-order valence-corrected chi connectivity index (χ2v) is 5.24. The van der Waals surface area contributed by atoms with Gasteiger partial charge in [-0.2, -0.15) is 11.8 Å². The summed E-state index contributed by atoms with van der Waals surface area (Å²) in [7, 11) is 1.69. The van der Waals surface area contributed by atoms with E-state index in [1.807, 2.05) is 30.8 Å². The predicted molar refractivity (Wildman–Crippen MR) is 83.5 cm³/mol. The standard InChI is InChI=1S/C15H25NO2S/c1-4-18-14-9-7-8-13(15(14)17-2)12-16-10-5-6-11-19-3/h7-9,16H,4-6,10-12H2,1-3H3. The summed E-state index contributed by atoms with van der Waals surface area (Å²) in [5, 5.41) is 3.46. The first-order chi connectivity index (χ1) is 9.33. The van der Waals surface area contributed by atoms with Crippen LogP contribution in [-0.4, -0.2) is 32.3 Å². The van der Waals surface area contributed by atoms with Gasteiger partial charge in [-0.3, -0.25) is 0 Å². The van der Waals surface area contributed by atoms with Gasteiger partial charge in [0.05, 0.1) is 13.7 Å². The fraction of sp³-hybridized carbons (Fsp3) is 0.600. The third kappa shape index (κ3) is 5.74. The van der Waals surface area contributed by atoms with Crippen LogP contribution in [0.3, 0.4) is 0 Å². The molecule has 0 aliphatic heterocycles. The Morgan fingerprint density at radius 3 is 2.79 bits per heavy atom. The van der Waals surface area contributed by atoms with Crippen LogP contribution in [0.15, 0.2) is 18.2 Å². The molecular formula is C15H25NO2S. The topological polar surface area (TPSA) is 30.5 Å². The number of para-hydroxylation sites is 1. The van der Waals surface area contributed by atoms with Crippen LogP contribution in [-0.2, 0) is 6.54 Å². The van der Waals surface area contributed by atoms with Crippen LogP contribution in [0.2, 0.25) is 0 Å². The van der Waals surface area contributed by atoms with Crippen molar-refractivity contribution in [2.75, 3.05) is 32.3 Å². The number of ether oxygens (including phenoxy) is 2. The molecule has 0 amide bonds. The number of thioether (sulfide) groups is 1. The van der Waals surface area contributed by atoms with E-state index in [4.69, 9.17) is 9.47 Å². The van der Waals surface area contributed by atoms with Crippen LogP contribution in [0.25, 0.3) is 0 Å². The summed E-state index contributed by atoms with van der Waals surface area (Å²) in [6.07, 6.45) is 4.64. The Balaban J connectivity index is 2.46. The molecule has 1 rings (SSSR count). The Kier molecular flexibility index (Phi) is 8.50. The quantitative estimate of drug-likeness (QED) is 0.667. The first-order valence-electron chi connectivity index (χ1n) is 6.81. The number of nitrogens with one attached hydrogen (secondary N) is 1. The van der Waals surface area contributed by atoms with Crippen LogP contribution < -0.4 is 14.8 Å². The summed E-state index contributed by atoms with van der Waals surface area (Å²) in [5.41, 5.74) is 1.15. The summed E-state index contributed by atoms with van der Waals surface area (Å²) < 4.78 is 11.0. The van der Waals surface area contributed by atoms with Crippen LogP contribution >= 0.6 is 11.8 Å². The van der Waals surface area contributed by atoms with Crippen LogP contribution in [0.1, 0.15) is 25.3 Å². The lowest BCUT2D eigenvalue weighted by Crippen LogP contribution is -2.15. The molecule has 108 valence electrons. The van der Waals surface area contributed by atoms with E-state index >= 15 is 0 Å². The Bertz CT molecular complexity index is 358. The second-order valence-electron chi connectivity index (χ2n) is 4.26. The molecule has 0 saturated heterocycles. The third-order valence-corrected chi connectivity index (χ3v) is 3.53. The minimum atomic E-state index is 0.655. The van der Waals surface area contributed by atoms with Gasteiger partial charge in [-0.15, -0.1) is 0 Å². The molecule has 1 aromatic carbocycles. The van der Waals surface area contributed by atoms with E-state index in [2.05, 4.69) is 17.6 Å². The molecule has 0 aromatic heterocycles. The van der Waals surface area contributed by atoms with Crippen molar-refractivity contribution >= 4 is 11.8 Å². The van der Waals surface area contributed by atoms with Crippen molar-refractivity contribution in [2.24, 2.45) is 0 Å². The van der Waals surface area contributed by atoms with E-state index in [9.17, 15) is 0 Å². The second kappa shape index (κ2) is 9.98. The maximum Gasteiger partial charge on any atom is 0.165 e. The lowest BCUT2D eigenvalue weighted by molar-refractivity contribution is 0.308. The molecule has 0 fully saturated rings. The van der Waals surface area contributed by atoms with E-state index in [1.165, 1.54) is 18.6 Å². The van der Waals surface area contributed by atoms with Crippen molar-refractivity contribution in [3.63, 3.8) is 0 Å². The van der Waals surface area contributed by atoms with Crippen molar-refractivity contribution < 1.29 is 9.47 Å². The Morgan fingerprint density at radius 1 is 1.26 bits per heavy atom. The fourth-order valence-electron chi connectivity index (χ4n) is 1.92. The molecule has 0 radical (unpaired) electrons. The largest absolute Gasteiger partial charge is 0.493 e. The summed E-state index contributed by atoms with van der Waals surface area (Å²) in [5.74, 6) is 2.91. The van der Waals surface area contributed by atoms with Crippen molar-refractivity contribution in [2.45, 2.75) is 26.3 Å². The van der Waals surface area contributed by atoms with Gasteiger partial charge in [0.2, 0.25) is 0 Å². The van der Waals surface area contributed by atoms with Crippen molar-refractivity contribution in [1.82, 2.24) is 5.32 Å². The minimum absolute atomic E-state index is 0.655. The smallest absolute Gasteiger partial charge is 0.165 e. The van der Waals surface area contributed by atoms with Gasteiger partial charge in [0.1, 0.15) is 0 Å². The number of rotatable bonds is 10. The van der Waals surface area contributed by atoms with Crippen molar-refractivity contribution in [1.29, 1.82) is 0 Å². The Hall–Kier alpha value is -0.870. The molecule has 0 unspecified atom stereocenters. The fourth-order valence-corrected chi connectivity index (χ4v) is 2.41. The summed E-state index contributed by atoms with van der Waals surface area (Å²) in [6.45, 7) is 4.50. The van der Waals surface area contributed by atoms with Gasteiger partial charge < -0.3 is 14.8 Å². The molecule has 1 N–H and O–H groups in total. The highest BCUT2D eigenvalue weighted by atomic mass is 32.2. The molecule has 19 heavy (non-hydrogen) atoms. The Labute approximate surface area is 121 Å². The van der Waals surface area contributed by atoms with E-state index in [0.29, 0.717) is 6.61 Å². The maximum absolute atomic E-state index is 5.57. The average Bonchev–Trinajstić information content (AvgIpc) is 2.43. The third-order valence-electron chi connectivity index (χ3n) is 2.83. The molecule has 0 atom stereocenters. The Morgan fingerprint density at radius 2 is 2.11 bits per heavy atom. The van der Waals surface area contributed by atoms with E-state index < -0.39 is 0 Å². The highest BCUT2D eigenvalue weighted by Gasteiger charge is 2.09. The summed E-state index contributed by atoms with van der Waals surface area (Å²) >= 11 is 1.91.